The number of esters is 1. The number of carbonyl (C=O) groups is 3. The number of aromatic amines is 1. The number of pyridine rings is 1. The third-order valence-corrected chi connectivity index (χ3v) is 11.2. The number of nitrogens with zero attached hydrogens (tertiary/aromatic N) is 6. The fraction of sp³-hybridized carbons (Fsp3) is 0.513. The first-order valence-electron chi connectivity index (χ1n) is 18.6. The van der Waals surface area contributed by atoms with Crippen molar-refractivity contribution in [3.8, 4) is 0 Å². The lowest BCUT2D eigenvalue weighted by atomic mass is 9.89. The number of nitrogens with one attached hydrogen (secondary N) is 2. The number of rotatable bonds is 8. The molecule has 13 nitrogen and oxygen atoms in total. The minimum Gasteiger partial charge on any atom is -0.443 e. The van der Waals surface area contributed by atoms with Crippen molar-refractivity contribution in [2.24, 2.45) is 0 Å². The summed E-state index contributed by atoms with van der Waals surface area (Å²) in [6.07, 6.45) is 5.69. The lowest BCUT2D eigenvalue weighted by molar-refractivity contribution is -0.145. The van der Waals surface area contributed by atoms with Crippen LogP contribution in [-0.4, -0.2) is 124 Å². The van der Waals surface area contributed by atoms with Gasteiger partial charge in [0.05, 0.1) is 11.7 Å². The topological polar surface area (TPSA) is 136 Å². The minimum atomic E-state index is -0.753. The molecule has 0 saturated carbocycles. The summed E-state index contributed by atoms with van der Waals surface area (Å²) in [5.41, 5.74) is 4.20. The maximum Gasteiger partial charge on any atom is 0.318 e. The lowest BCUT2D eigenvalue weighted by Crippen LogP contribution is -2.59. The number of hydrogen-bond acceptors (Lipinski definition) is 8. The summed E-state index contributed by atoms with van der Waals surface area (Å²) in [5, 5.41) is 9.43. The highest BCUT2D eigenvalue weighted by molar-refractivity contribution is 5.88. The maximum atomic E-state index is 14.3. The van der Waals surface area contributed by atoms with Gasteiger partial charge in [0, 0.05) is 75.1 Å². The van der Waals surface area contributed by atoms with Crippen LogP contribution in [0.5, 0.6) is 0 Å². The predicted molar refractivity (Wildman–Crippen MR) is 199 cm³/mol. The monoisotopic (exact) mass is 710 g/mol. The molecule has 0 aliphatic carbocycles. The van der Waals surface area contributed by atoms with Gasteiger partial charge in [0.2, 0.25) is 5.91 Å². The molecule has 0 spiro atoms. The molecule has 7 rings (SSSR count). The Morgan fingerprint density at radius 1 is 0.923 bits per heavy atom. The highest BCUT2D eigenvalue weighted by atomic mass is 16.5. The van der Waals surface area contributed by atoms with Gasteiger partial charge in [-0.2, -0.15) is 5.10 Å². The number of aromatic nitrogens is 3. The zero-order chi connectivity index (χ0) is 36.4. The number of H-pyrrole nitrogens is 1. The van der Waals surface area contributed by atoms with Crippen LogP contribution in [0, 0.1) is 6.92 Å². The quantitative estimate of drug-likeness (QED) is 0.266. The first-order valence-corrected chi connectivity index (χ1v) is 18.6. The van der Waals surface area contributed by atoms with Crippen LogP contribution in [0.4, 0.5) is 4.79 Å². The molecule has 0 bridgehead atoms. The summed E-state index contributed by atoms with van der Waals surface area (Å²) in [5.74, 6) is -0.404. The number of hydrogen-bond donors (Lipinski definition) is 2. The number of piperazine rings is 1. The van der Waals surface area contributed by atoms with E-state index in [0.29, 0.717) is 51.5 Å². The van der Waals surface area contributed by atoms with Crippen LogP contribution >= 0.6 is 0 Å². The fourth-order valence-corrected chi connectivity index (χ4v) is 8.32. The van der Waals surface area contributed by atoms with Crippen LogP contribution in [-0.2, 0) is 27.5 Å². The third-order valence-electron chi connectivity index (χ3n) is 11.2. The Morgan fingerprint density at radius 3 is 2.38 bits per heavy atom. The highest BCUT2D eigenvalue weighted by Crippen LogP contribution is 2.28. The number of amides is 3. The molecule has 1 atom stereocenters. The van der Waals surface area contributed by atoms with Crippen molar-refractivity contribution >= 4 is 39.7 Å². The van der Waals surface area contributed by atoms with Crippen molar-refractivity contribution in [3.63, 3.8) is 0 Å². The number of likely N-dealkylation sites (tertiary alicyclic amines) is 2. The summed E-state index contributed by atoms with van der Waals surface area (Å²) >= 11 is 0. The Labute approximate surface area is 303 Å². The molecule has 4 aromatic rings. The molecule has 0 radical (unpaired) electrons. The molecule has 3 aliphatic heterocycles. The van der Waals surface area contributed by atoms with Gasteiger partial charge in [-0.15, -0.1) is 0 Å². The number of aryl methyl sites for hydroxylation is 1. The van der Waals surface area contributed by atoms with E-state index in [-0.39, 0.29) is 36.1 Å². The van der Waals surface area contributed by atoms with Crippen LogP contribution < -0.4 is 10.9 Å². The standard InChI is InChI=1S/C39H50N8O5/c1-26-20-28(21-31-24-40-47(36(26)31)25-52-27(2)48)22-35(38(50)45-18-16-44(17-19-45)32-10-12-43(3)13-11-32)42-39(51)46-14-8-29(9-15-46)33-23-30-6-4-5-7-34(30)41-37(33)49/h4-7,20-21,23-24,29,32,35H,8-19,22,25H2,1-3H3,(H,41,49)(H,42,51)/t35-/m1/s1. The summed E-state index contributed by atoms with van der Waals surface area (Å²) in [7, 11) is 2.17. The highest BCUT2D eigenvalue weighted by Gasteiger charge is 2.34. The Morgan fingerprint density at radius 2 is 1.65 bits per heavy atom. The zero-order valence-corrected chi connectivity index (χ0v) is 30.5. The smallest absolute Gasteiger partial charge is 0.318 e. The van der Waals surface area contributed by atoms with Crippen molar-refractivity contribution < 1.29 is 19.1 Å². The molecular weight excluding hydrogens is 660 g/mol. The molecule has 2 aromatic heterocycles. The molecule has 3 saturated heterocycles. The molecule has 52 heavy (non-hydrogen) atoms. The van der Waals surface area contributed by atoms with Gasteiger partial charge in [0.1, 0.15) is 6.04 Å². The van der Waals surface area contributed by atoms with Crippen LogP contribution in [0.15, 0.2) is 53.5 Å². The maximum absolute atomic E-state index is 14.3. The molecule has 13 heteroatoms. The Balaban J connectivity index is 1.05. The van der Waals surface area contributed by atoms with Crippen molar-refractivity contribution in [1.29, 1.82) is 0 Å². The zero-order valence-electron chi connectivity index (χ0n) is 30.5. The van der Waals surface area contributed by atoms with Crippen molar-refractivity contribution in [2.75, 3.05) is 59.4 Å². The summed E-state index contributed by atoms with van der Waals surface area (Å²) in [6, 6.07) is 13.3. The second-order valence-electron chi connectivity index (χ2n) is 14.8. The summed E-state index contributed by atoms with van der Waals surface area (Å²) < 4.78 is 6.84. The van der Waals surface area contributed by atoms with E-state index in [4.69, 9.17) is 4.74 Å². The molecular formula is C39H50N8O5. The fourth-order valence-electron chi connectivity index (χ4n) is 8.32. The number of ether oxygens (including phenoxy) is 1. The second-order valence-corrected chi connectivity index (χ2v) is 14.8. The van der Waals surface area contributed by atoms with Gasteiger partial charge in [0.15, 0.2) is 6.73 Å². The molecule has 3 amide bonds. The van der Waals surface area contributed by atoms with E-state index in [2.05, 4.69) is 32.2 Å². The van der Waals surface area contributed by atoms with Crippen molar-refractivity contribution in [2.45, 2.75) is 70.7 Å². The SMILES string of the molecule is CC(=O)OCn1ncc2cc(C[C@@H](NC(=O)N3CCC(c4cc5ccccc5[nH]c4=O)CC3)C(=O)N3CCN(C4CCN(C)CC4)CC3)cc(C)c21. The van der Waals surface area contributed by atoms with Gasteiger partial charge in [-0.3, -0.25) is 19.3 Å². The Hall–Kier alpha value is -4.75. The van der Waals surface area contributed by atoms with Gasteiger partial charge in [-0.25, -0.2) is 9.48 Å². The van der Waals surface area contributed by atoms with Crippen LogP contribution in [0.1, 0.15) is 55.2 Å². The largest absolute Gasteiger partial charge is 0.443 e. The molecule has 0 unspecified atom stereocenters. The Kier molecular flexibility index (Phi) is 10.6. The van der Waals surface area contributed by atoms with Crippen LogP contribution in [0.2, 0.25) is 0 Å². The van der Waals surface area contributed by atoms with E-state index in [1.165, 1.54) is 6.92 Å². The van der Waals surface area contributed by atoms with Crippen molar-refractivity contribution in [3.05, 3.63) is 75.7 Å². The number of piperidine rings is 2. The lowest BCUT2D eigenvalue weighted by Gasteiger charge is -2.43. The van der Waals surface area contributed by atoms with Crippen LogP contribution in [0.3, 0.4) is 0 Å². The molecule has 2 N–H and O–H groups in total. The number of fused-ring (bicyclic) bond motifs is 2. The Bertz CT molecular complexity index is 1980. The third kappa shape index (κ3) is 7.85. The van der Waals surface area contributed by atoms with Gasteiger partial charge < -0.3 is 29.7 Å². The van der Waals surface area contributed by atoms with Gasteiger partial charge >= 0.3 is 12.0 Å². The number of benzene rings is 2. The minimum absolute atomic E-state index is 0.0195. The second kappa shape index (κ2) is 15.5. The van der Waals surface area contributed by atoms with E-state index in [1.54, 1.807) is 15.8 Å². The first kappa shape index (κ1) is 35.6. The van der Waals surface area contributed by atoms with Crippen LogP contribution in [0.25, 0.3) is 21.8 Å². The predicted octanol–water partition coefficient (Wildman–Crippen LogP) is 3.45. The average Bonchev–Trinajstić information content (AvgIpc) is 3.57. The molecule has 5 heterocycles. The summed E-state index contributed by atoms with van der Waals surface area (Å²) in [4.78, 5) is 64.2. The van der Waals surface area contributed by atoms with Gasteiger partial charge in [-0.05, 0) is 93.4 Å². The number of urea groups is 1. The molecule has 2 aromatic carbocycles. The van der Waals surface area contributed by atoms with Gasteiger partial charge in [0.25, 0.3) is 5.56 Å². The van der Waals surface area contributed by atoms with E-state index >= 15 is 0 Å². The average molecular weight is 711 g/mol. The van der Waals surface area contributed by atoms with E-state index in [1.807, 2.05) is 54.3 Å². The van der Waals surface area contributed by atoms with E-state index in [9.17, 15) is 19.2 Å². The first-order chi connectivity index (χ1) is 25.1. The van der Waals surface area contributed by atoms with E-state index < -0.39 is 6.04 Å². The molecule has 3 fully saturated rings. The number of para-hydroxylation sites is 1. The molecule has 276 valence electrons. The summed E-state index contributed by atoms with van der Waals surface area (Å²) in [6.45, 7) is 9.45. The van der Waals surface area contributed by atoms with Gasteiger partial charge in [-0.1, -0.05) is 24.3 Å². The molecule has 3 aliphatic rings. The van der Waals surface area contributed by atoms with E-state index in [0.717, 1.165) is 77.5 Å². The number of carbonyl (C=O) groups excluding carboxylic acids is 3. The normalized spacial score (nSPS) is 18.9. The van der Waals surface area contributed by atoms with Crippen molar-refractivity contribution in [1.82, 2.24) is 39.7 Å².